The highest BCUT2D eigenvalue weighted by Gasteiger charge is 2.28. The van der Waals surface area contributed by atoms with E-state index in [0.717, 1.165) is 15.4 Å². The summed E-state index contributed by atoms with van der Waals surface area (Å²) in [5, 5.41) is 14.2. The Hall–Kier alpha value is -3.43. The molecule has 0 heterocycles. The van der Waals surface area contributed by atoms with Gasteiger partial charge in [0.15, 0.2) is 0 Å². The van der Waals surface area contributed by atoms with Crippen molar-refractivity contribution in [3.05, 3.63) is 92.5 Å². The zero-order valence-electron chi connectivity index (χ0n) is 18.2. The van der Waals surface area contributed by atoms with Gasteiger partial charge < -0.3 is 5.32 Å². The number of hydrogen-bond donors (Lipinski definition) is 1. The first-order valence-corrected chi connectivity index (χ1v) is 11.7. The number of benzene rings is 3. The molecule has 1 amide bonds. The molecule has 0 spiro atoms. The number of sulfonamides is 1. The average molecular weight is 488 g/mol. The Morgan fingerprint density at radius 2 is 1.70 bits per heavy atom. The minimum atomic E-state index is -4.11. The summed E-state index contributed by atoms with van der Waals surface area (Å²) in [5.74, 6) is -0.644. The van der Waals surface area contributed by atoms with E-state index in [1.165, 1.54) is 49.4 Å². The van der Waals surface area contributed by atoms with Crippen LogP contribution in [0.4, 0.5) is 17.1 Å². The molecule has 33 heavy (non-hydrogen) atoms. The van der Waals surface area contributed by atoms with Crippen molar-refractivity contribution in [2.75, 3.05) is 16.2 Å². The number of hydrogen-bond acceptors (Lipinski definition) is 5. The molecule has 0 atom stereocenters. The molecule has 1 N–H and O–H groups in total. The SMILES string of the molecule is Cc1ccc(N(CC(=O)Nc2cccc([N+](=O)[O-])c2C)S(=O)(=O)c2ccc(Cl)cc2)cc1C. The van der Waals surface area contributed by atoms with Crippen LogP contribution >= 0.6 is 11.6 Å². The lowest BCUT2D eigenvalue weighted by Gasteiger charge is -2.25. The van der Waals surface area contributed by atoms with Crippen molar-refractivity contribution >= 4 is 44.6 Å². The van der Waals surface area contributed by atoms with Crippen molar-refractivity contribution in [1.82, 2.24) is 0 Å². The van der Waals surface area contributed by atoms with Gasteiger partial charge >= 0.3 is 0 Å². The first kappa shape index (κ1) is 24.2. The van der Waals surface area contributed by atoms with Gasteiger partial charge in [0.05, 0.1) is 26.8 Å². The van der Waals surface area contributed by atoms with Gasteiger partial charge in [-0.3, -0.25) is 19.2 Å². The van der Waals surface area contributed by atoms with Crippen LogP contribution in [0, 0.1) is 30.9 Å². The highest BCUT2D eigenvalue weighted by atomic mass is 35.5. The van der Waals surface area contributed by atoms with Gasteiger partial charge in [-0.2, -0.15) is 0 Å². The summed E-state index contributed by atoms with van der Waals surface area (Å²) in [5.41, 5.74) is 2.51. The van der Waals surface area contributed by atoms with Crippen LogP contribution in [0.1, 0.15) is 16.7 Å². The van der Waals surface area contributed by atoms with Gasteiger partial charge in [-0.1, -0.05) is 23.7 Å². The average Bonchev–Trinajstić information content (AvgIpc) is 2.75. The number of nitrogens with one attached hydrogen (secondary N) is 1. The van der Waals surface area contributed by atoms with Crippen LogP contribution in [0.15, 0.2) is 65.6 Å². The number of carbonyl (C=O) groups excluding carboxylic acids is 1. The summed E-state index contributed by atoms with van der Waals surface area (Å²) in [6.45, 7) is 4.72. The Morgan fingerprint density at radius 3 is 2.30 bits per heavy atom. The molecule has 0 bridgehead atoms. The third-order valence-corrected chi connectivity index (χ3v) is 7.28. The lowest BCUT2D eigenvalue weighted by molar-refractivity contribution is -0.385. The van der Waals surface area contributed by atoms with E-state index in [-0.39, 0.29) is 21.8 Å². The number of nitro benzene ring substituents is 1. The fraction of sp³-hybridized carbons (Fsp3) is 0.174. The van der Waals surface area contributed by atoms with E-state index in [4.69, 9.17) is 11.6 Å². The number of rotatable bonds is 7. The molecule has 0 radical (unpaired) electrons. The third-order valence-electron chi connectivity index (χ3n) is 5.24. The highest BCUT2D eigenvalue weighted by Crippen LogP contribution is 2.28. The summed E-state index contributed by atoms with van der Waals surface area (Å²) >= 11 is 5.90. The molecule has 0 saturated heterocycles. The lowest BCUT2D eigenvalue weighted by Crippen LogP contribution is -2.38. The van der Waals surface area contributed by atoms with Crippen LogP contribution in [0.25, 0.3) is 0 Å². The van der Waals surface area contributed by atoms with Crippen LogP contribution in [0.5, 0.6) is 0 Å². The molecule has 3 aromatic rings. The van der Waals surface area contributed by atoms with E-state index in [0.29, 0.717) is 10.7 Å². The Bertz CT molecular complexity index is 1320. The fourth-order valence-corrected chi connectivity index (χ4v) is 4.75. The van der Waals surface area contributed by atoms with Crippen molar-refractivity contribution in [3.63, 3.8) is 0 Å². The second kappa shape index (κ2) is 9.60. The summed E-state index contributed by atoms with van der Waals surface area (Å²) in [7, 11) is -4.11. The van der Waals surface area contributed by atoms with Crippen molar-refractivity contribution in [2.45, 2.75) is 25.7 Å². The van der Waals surface area contributed by atoms with E-state index in [9.17, 15) is 23.3 Å². The molecular formula is C23H22ClN3O5S. The maximum atomic E-state index is 13.5. The van der Waals surface area contributed by atoms with Crippen molar-refractivity contribution in [2.24, 2.45) is 0 Å². The maximum absolute atomic E-state index is 13.5. The molecule has 8 nitrogen and oxygen atoms in total. The number of nitro groups is 1. The largest absolute Gasteiger partial charge is 0.324 e. The van der Waals surface area contributed by atoms with Crippen LogP contribution in [0.3, 0.4) is 0 Å². The van der Waals surface area contributed by atoms with E-state index in [1.54, 1.807) is 18.2 Å². The molecule has 10 heteroatoms. The third kappa shape index (κ3) is 5.32. The minimum absolute atomic E-state index is 0.0237. The highest BCUT2D eigenvalue weighted by molar-refractivity contribution is 7.92. The van der Waals surface area contributed by atoms with Crippen LogP contribution < -0.4 is 9.62 Å². The van der Waals surface area contributed by atoms with E-state index in [2.05, 4.69) is 5.32 Å². The van der Waals surface area contributed by atoms with Crippen molar-refractivity contribution in [1.29, 1.82) is 0 Å². The van der Waals surface area contributed by atoms with Crippen LogP contribution in [-0.2, 0) is 14.8 Å². The molecular weight excluding hydrogens is 466 g/mol. The van der Waals surface area contributed by atoms with Crippen LogP contribution in [-0.4, -0.2) is 25.8 Å². The zero-order valence-corrected chi connectivity index (χ0v) is 19.8. The topological polar surface area (TPSA) is 110 Å². The van der Waals surface area contributed by atoms with E-state index in [1.807, 2.05) is 13.8 Å². The second-order valence-corrected chi connectivity index (χ2v) is 9.79. The Labute approximate surface area is 197 Å². The standard InChI is InChI=1S/C23H22ClN3O5S/c1-15-7-10-19(13-16(15)2)26(33(31,32)20-11-8-18(24)9-12-20)14-23(28)25-21-5-4-6-22(17(21)3)27(29)30/h4-13H,14H2,1-3H3,(H,25,28). The number of halogens is 1. The van der Waals surface area contributed by atoms with Gasteiger partial charge in [0.1, 0.15) is 6.54 Å². The number of anilines is 2. The smallest absolute Gasteiger partial charge is 0.274 e. The number of amides is 1. The first-order valence-electron chi connectivity index (χ1n) is 9.90. The van der Waals surface area contributed by atoms with Gasteiger partial charge in [-0.25, -0.2) is 8.42 Å². The number of aryl methyl sites for hydroxylation is 2. The molecule has 3 rings (SSSR count). The minimum Gasteiger partial charge on any atom is -0.324 e. The number of nitrogens with zero attached hydrogens (tertiary/aromatic N) is 2. The van der Waals surface area contributed by atoms with Gasteiger partial charge in [0.2, 0.25) is 5.91 Å². The Morgan fingerprint density at radius 1 is 1.03 bits per heavy atom. The van der Waals surface area contributed by atoms with Crippen LogP contribution in [0.2, 0.25) is 5.02 Å². The molecule has 0 saturated carbocycles. The van der Waals surface area contributed by atoms with Crippen molar-refractivity contribution in [3.8, 4) is 0 Å². The summed E-state index contributed by atoms with van der Waals surface area (Å²) < 4.78 is 27.9. The van der Waals surface area contributed by atoms with Gasteiger partial charge in [-0.05, 0) is 74.4 Å². The van der Waals surface area contributed by atoms with Gasteiger partial charge in [0.25, 0.3) is 15.7 Å². The molecule has 0 fully saturated rings. The zero-order chi connectivity index (χ0) is 24.3. The van der Waals surface area contributed by atoms with Gasteiger partial charge in [0, 0.05) is 11.1 Å². The lowest BCUT2D eigenvalue weighted by atomic mass is 10.1. The fourth-order valence-electron chi connectivity index (χ4n) is 3.21. The summed E-state index contributed by atoms with van der Waals surface area (Å²) in [4.78, 5) is 23.5. The molecule has 0 aliphatic heterocycles. The van der Waals surface area contributed by atoms with Crippen molar-refractivity contribution < 1.29 is 18.1 Å². The molecule has 172 valence electrons. The monoisotopic (exact) mass is 487 g/mol. The predicted molar refractivity (Wildman–Crippen MR) is 128 cm³/mol. The quantitative estimate of drug-likeness (QED) is 0.372. The Kier molecular flexibility index (Phi) is 7.04. The summed E-state index contributed by atoms with van der Waals surface area (Å²) in [6.07, 6.45) is 0. The summed E-state index contributed by atoms with van der Waals surface area (Å²) in [6, 6.07) is 15.0. The maximum Gasteiger partial charge on any atom is 0.274 e. The molecule has 0 aromatic heterocycles. The molecule has 3 aromatic carbocycles. The van der Waals surface area contributed by atoms with Gasteiger partial charge in [-0.15, -0.1) is 0 Å². The normalized spacial score (nSPS) is 11.2. The van der Waals surface area contributed by atoms with E-state index >= 15 is 0 Å². The predicted octanol–water partition coefficient (Wildman–Crippen LogP) is 5.01. The molecule has 0 aliphatic carbocycles. The second-order valence-electron chi connectivity index (χ2n) is 7.49. The first-order chi connectivity index (χ1) is 15.5. The molecule has 0 unspecified atom stereocenters. The Balaban J connectivity index is 1.99. The number of carbonyl (C=O) groups is 1. The molecule has 0 aliphatic rings. The van der Waals surface area contributed by atoms with E-state index < -0.39 is 27.4 Å².